The van der Waals surface area contributed by atoms with Crippen LogP contribution in [0.2, 0.25) is 5.02 Å². The minimum absolute atomic E-state index is 0.118. The summed E-state index contributed by atoms with van der Waals surface area (Å²) in [6, 6.07) is 6.96. The minimum atomic E-state index is -0.118. The van der Waals surface area contributed by atoms with Crippen LogP contribution in [0.4, 0.5) is 10.5 Å². The monoisotopic (exact) mass is 349 g/mol. The predicted molar refractivity (Wildman–Crippen MR) is 95.2 cm³/mol. The highest BCUT2D eigenvalue weighted by atomic mass is 35.5. The molecular formula is C18H24ClN3O2. The van der Waals surface area contributed by atoms with E-state index in [0.29, 0.717) is 24.7 Å². The highest BCUT2D eigenvalue weighted by Gasteiger charge is 2.29. The fraction of sp³-hybridized carbons (Fsp3) is 0.556. The van der Waals surface area contributed by atoms with Gasteiger partial charge < -0.3 is 15.1 Å². The summed E-state index contributed by atoms with van der Waals surface area (Å²) in [7, 11) is 0. The predicted octanol–water partition coefficient (Wildman–Crippen LogP) is 3.60. The van der Waals surface area contributed by atoms with Crippen molar-refractivity contribution in [2.75, 3.05) is 31.5 Å². The number of anilines is 1. The number of urea groups is 1. The zero-order valence-electron chi connectivity index (χ0n) is 13.8. The molecule has 1 aromatic rings. The van der Waals surface area contributed by atoms with Gasteiger partial charge in [-0.15, -0.1) is 0 Å². The molecule has 3 rings (SSSR count). The molecule has 130 valence electrons. The minimum Gasteiger partial charge on any atom is -0.341 e. The average Bonchev–Trinajstić information content (AvgIpc) is 3.00. The first kappa shape index (κ1) is 17.1. The number of hydrogen-bond acceptors (Lipinski definition) is 2. The van der Waals surface area contributed by atoms with Crippen molar-refractivity contribution < 1.29 is 9.59 Å². The molecule has 0 aromatic heterocycles. The summed E-state index contributed by atoms with van der Waals surface area (Å²) in [6.45, 7) is 2.63. The summed E-state index contributed by atoms with van der Waals surface area (Å²) < 4.78 is 0. The summed E-state index contributed by atoms with van der Waals surface area (Å²) in [6.07, 6.45) is 5.21. The zero-order valence-corrected chi connectivity index (χ0v) is 14.6. The van der Waals surface area contributed by atoms with Crippen LogP contribution in [0.15, 0.2) is 24.3 Å². The fourth-order valence-corrected chi connectivity index (χ4v) is 3.63. The summed E-state index contributed by atoms with van der Waals surface area (Å²) in [4.78, 5) is 28.7. The van der Waals surface area contributed by atoms with Crippen molar-refractivity contribution in [1.82, 2.24) is 9.80 Å². The molecular weight excluding hydrogens is 326 g/mol. The number of amides is 3. The number of nitrogens with zero attached hydrogens (tertiary/aromatic N) is 2. The number of carbonyl (C=O) groups excluding carboxylic acids is 2. The Bertz CT molecular complexity index is 584. The van der Waals surface area contributed by atoms with Crippen LogP contribution >= 0.6 is 11.6 Å². The lowest BCUT2D eigenvalue weighted by molar-refractivity contribution is -0.135. The van der Waals surface area contributed by atoms with Crippen LogP contribution in [0, 0.1) is 5.92 Å². The second kappa shape index (κ2) is 7.88. The number of carbonyl (C=O) groups is 2. The normalized spacial score (nSPS) is 19.2. The van der Waals surface area contributed by atoms with Crippen molar-refractivity contribution in [3.05, 3.63) is 29.3 Å². The van der Waals surface area contributed by atoms with Crippen LogP contribution in [-0.2, 0) is 4.79 Å². The summed E-state index contributed by atoms with van der Waals surface area (Å²) in [5.74, 6) is 0.493. The van der Waals surface area contributed by atoms with Gasteiger partial charge in [-0.3, -0.25) is 4.79 Å². The third-order valence-corrected chi connectivity index (χ3v) is 5.15. The van der Waals surface area contributed by atoms with E-state index in [1.165, 1.54) is 12.8 Å². The van der Waals surface area contributed by atoms with Crippen molar-refractivity contribution >= 4 is 29.2 Å². The first-order valence-electron chi connectivity index (χ1n) is 8.74. The van der Waals surface area contributed by atoms with E-state index in [1.807, 2.05) is 4.90 Å². The van der Waals surface area contributed by atoms with Crippen LogP contribution in [0.5, 0.6) is 0 Å². The molecule has 1 aliphatic carbocycles. The molecule has 1 saturated heterocycles. The largest absolute Gasteiger partial charge is 0.341 e. The maximum Gasteiger partial charge on any atom is 0.321 e. The quantitative estimate of drug-likeness (QED) is 0.887. The Labute approximate surface area is 147 Å². The van der Waals surface area contributed by atoms with Gasteiger partial charge in [0.05, 0.1) is 0 Å². The van der Waals surface area contributed by atoms with Crippen molar-refractivity contribution in [3.8, 4) is 0 Å². The molecule has 1 aliphatic heterocycles. The van der Waals surface area contributed by atoms with E-state index < -0.39 is 0 Å². The Kier molecular flexibility index (Phi) is 5.61. The second-order valence-electron chi connectivity index (χ2n) is 6.58. The first-order valence-corrected chi connectivity index (χ1v) is 9.11. The fourth-order valence-electron chi connectivity index (χ4n) is 3.51. The Morgan fingerprint density at radius 1 is 0.917 bits per heavy atom. The highest BCUT2D eigenvalue weighted by Crippen LogP contribution is 2.27. The van der Waals surface area contributed by atoms with E-state index in [2.05, 4.69) is 5.32 Å². The summed E-state index contributed by atoms with van der Waals surface area (Å²) >= 11 is 5.86. The van der Waals surface area contributed by atoms with E-state index >= 15 is 0 Å². The number of rotatable bonds is 2. The molecule has 1 heterocycles. The van der Waals surface area contributed by atoms with E-state index in [-0.39, 0.29) is 17.9 Å². The van der Waals surface area contributed by atoms with Gasteiger partial charge in [0.2, 0.25) is 5.91 Å². The lowest BCUT2D eigenvalue weighted by Crippen LogP contribution is -2.40. The van der Waals surface area contributed by atoms with E-state index in [1.54, 1.807) is 29.2 Å². The number of benzene rings is 1. The van der Waals surface area contributed by atoms with Gasteiger partial charge in [0.15, 0.2) is 0 Å². The van der Waals surface area contributed by atoms with Gasteiger partial charge in [0.1, 0.15) is 0 Å². The number of nitrogens with one attached hydrogen (secondary N) is 1. The SMILES string of the molecule is O=C(Nc1ccc(Cl)cc1)N1CCCN(C(=O)C2CCCC2)CC1. The van der Waals surface area contributed by atoms with Gasteiger partial charge in [0, 0.05) is 42.8 Å². The van der Waals surface area contributed by atoms with Crippen molar-refractivity contribution in [2.24, 2.45) is 5.92 Å². The smallest absolute Gasteiger partial charge is 0.321 e. The highest BCUT2D eigenvalue weighted by molar-refractivity contribution is 6.30. The molecule has 0 spiro atoms. The van der Waals surface area contributed by atoms with Crippen LogP contribution < -0.4 is 5.32 Å². The van der Waals surface area contributed by atoms with Gasteiger partial charge in [-0.25, -0.2) is 4.79 Å². The molecule has 2 fully saturated rings. The van der Waals surface area contributed by atoms with Gasteiger partial charge in [-0.05, 0) is 43.5 Å². The average molecular weight is 350 g/mol. The zero-order chi connectivity index (χ0) is 16.9. The third-order valence-electron chi connectivity index (χ3n) is 4.89. The maximum atomic E-state index is 12.5. The van der Waals surface area contributed by atoms with Gasteiger partial charge in [0.25, 0.3) is 0 Å². The number of hydrogen-bond donors (Lipinski definition) is 1. The lowest BCUT2D eigenvalue weighted by atomic mass is 10.1. The Morgan fingerprint density at radius 3 is 2.25 bits per heavy atom. The molecule has 1 aromatic carbocycles. The van der Waals surface area contributed by atoms with Crippen LogP contribution in [0.25, 0.3) is 0 Å². The van der Waals surface area contributed by atoms with Crippen molar-refractivity contribution in [3.63, 3.8) is 0 Å². The first-order chi connectivity index (χ1) is 11.6. The topological polar surface area (TPSA) is 52.7 Å². The maximum absolute atomic E-state index is 12.5. The molecule has 1 saturated carbocycles. The van der Waals surface area contributed by atoms with Gasteiger partial charge in [-0.2, -0.15) is 0 Å². The van der Waals surface area contributed by atoms with Gasteiger partial charge in [-0.1, -0.05) is 24.4 Å². The summed E-state index contributed by atoms with van der Waals surface area (Å²) in [5.41, 5.74) is 0.729. The van der Waals surface area contributed by atoms with E-state index in [4.69, 9.17) is 11.6 Å². The molecule has 24 heavy (non-hydrogen) atoms. The van der Waals surface area contributed by atoms with Crippen molar-refractivity contribution in [2.45, 2.75) is 32.1 Å². The Morgan fingerprint density at radius 2 is 1.54 bits per heavy atom. The molecule has 6 heteroatoms. The molecule has 3 amide bonds. The van der Waals surface area contributed by atoms with Crippen LogP contribution in [-0.4, -0.2) is 47.9 Å². The van der Waals surface area contributed by atoms with Crippen LogP contribution in [0.1, 0.15) is 32.1 Å². The molecule has 0 atom stereocenters. The van der Waals surface area contributed by atoms with E-state index in [0.717, 1.165) is 31.5 Å². The molecule has 0 unspecified atom stereocenters. The Hall–Kier alpha value is -1.75. The summed E-state index contributed by atoms with van der Waals surface area (Å²) in [5, 5.41) is 3.53. The molecule has 2 aliphatic rings. The third kappa shape index (κ3) is 4.20. The molecule has 1 N–H and O–H groups in total. The molecule has 0 radical (unpaired) electrons. The number of halogens is 1. The molecule has 5 nitrogen and oxygen atoms in total. The van der Waals surface area contributed by atoms with Gasteiger partial charge >= 0.3 is 6.03 Å². The lowest BCUT2D eigenvalue weighted by Gasteiger charge is -2.24. The van der Waals surface area contributed by atoms with E-state index in [9.17, 15) is 9.59 Å². The molecule has 0 bridgehead atoms. The van der Waals surface area contributed by atoms with Crippen LogP contribution in [0.3, 0.4) is 0 Å². The Balaban J connectivity index is 1.53. The second-order valence-corrected chi connectivity index (χ2v) is 7.02. The standard InChI is InChI=1S/C18H24ClN3O2/c19-15-6-8-16(9-7-15)20-18(24)22-11-3-10-21(12-13-22)17(23)14-4-1-2-5-14/h6-9,14H,1-5,10-13H2,(H,20,24). The van der Waals surface area contributed by atoms with Crippen molar-refractivity contribution in [1.29, 1.82) is 0 Å².